The summed E-state index contributed by atoms with van der Waals surface area (Å²) in [5, 5.41) is 2.80. The summed E-state index contributed by atoms with van der Waals surface area (Å²) in [6.45, 7) is 3.74. The molecule has 1 atom stereocenters. The maximum atomic E-state index is 12.7. The first-order valence-electron chi connectivity index (χ1n) is 7.70. The van der Waals surface area contributed by atoms with Gasteiger partial charge in [0, 0.05) is 12.8 Å². The molecule has 5 nitrogen and oxygen atoms in total. The molecule has 0 aliphatic rings. The van der Waals surface area contributed by atoms with Crippen LogP contribution < -0.4 is 5.32 Å². The van der Waals surface area contributed by atoms with Crippen molar-refractivity contribution in [3.8, 4) is 0 Å². The SMILES string of the molecule is CCOC(=O)c1cccc(NC(=O)C(C)(OC)c2ccccc2)c1. The second-order valence-corrected chi connectivity index (χ2v) is 5.36. The molecule has 0 saturated carbocycles. The zero-order valence-electron chi connectivity index (χ0n) is 14.0. The topological polar surface area (TPSA) is 64.6 Å². The highest BCUT2D eigenvalue weighted by Crippen LogP contribution is 2.26. The molecule has 2 aromatic rings. The largest absolute Gasteiger partial charge is 0.462 e. The van der Waals surface area contributed by atoms with Crippen LogP contribution >= 0.6 is 0 Å². The van der Waals surface area contributed by atoms with Crippen molar-refractivity contribution in [2.75, 3.05) is 19.0 Å². The minimum atomic E-state index is -1.14. The number of hydrogen-bond donors (Lipinski definition) is 1. The molecule has 0 aliphatic heterocycles. The van der Waals surface area contributed by atoms with Crippen molar-refractivity contribution >= 4 is 17.6 Å². The number of benzene rings is 2. The van der Waals surface area contributed by atoms with Crippen LogP contribution in [0.25, 0.3) is 0 Å². The molecule has 0 aromatic heterocycles. The Kier molecular flexibility index (Phi) is 5.71. The standard InChI is InChI=1S/C19H21NO4/c1-4-24-17(21)14-9-8-12-16(13-14)20-18(22)19(2,23-3)15-10-6-5-7-11-15/h5-13H,4H2,1-3H3,(H,20,22). The second-order valence-electron chi connectivity index (χ2n) is 5.36. The fourth-order valence-corrected chi connectivity index (χ4v) is 2.29. The number of carbonyl (C=O) groups excluding carboxylic acids is 2. The predicted molar refractivity (Wildman–Crippen MR) is 91.8 cm³/mol. The Bertz CT molecular complexity index is 714. The Labute approximate surface area is 141 Å². The minimum absolute atomic E-state index is 0.297. The molecule has 0 fully saturated rings. The van der Waals surface area contributed by atoms with Crippen LogP contribution in [0.2, 0.25) is 0 Å². The van der Waals surface area contributed by atoms with Gasteiger partial charge in [0.25, 0.3) is 5.91 Å². The van der Waals surface area contributed by atoms with E-state index in [2.05, 4.69) is 5.32 Å². The second kappa shape index (κ2) is 7.75. The molecule has 2 rings (SSSR count). The van der Waals surface area contributed by atoms with Crippen LogP contribution in [-0.2, 0) is 19.9 Å². The molecule has 1 amide bonds. The summed E-state index contributed by atoms with van der Waals surface area (Å²) in [6.07, 6.45) is 0. The maximum Gasteiger partial charge on any atom is 0.338 e. The van der Waals surface area contributed by atoms with Gasteiger partial charge in [0.1, 0.15) is 0 Å². The number of esters is 1. The number of ether oxygens (including phenoxy) is 2. The molecule has 5 heteroatoms. The van der Waals surface area contributed by atoms with Gasteiger partial charge in [0.05, 0.1) is 12.2 Å². The number of carbonyl (C=O) groups is 2. The Morgan fingerprint density at radius 2 is 1.79 bits per heavy atom. The first kappa shape index (κ1) is 17.7. The molecule has 0 bridgehead atoms. The Morgan fingerprint density at radius 1 is 1.08 bits per heavy atom. The van der Waals surface area contributed by atoms with E-state index in [9.17, 15) is 9.59 Å². The maximum absolute atomic E-state index is 12.7. The first-order chi connectivity index (χ1) is 11.5. The van der Waals surface area contributed by atoms with Gasteiger partial charge in [-0.25, -0.2) is 4.79 Å². The van der Waals surface area contributed by atoms with Crippen LogP contribution in [0.4, 0.5) is 5.69 Å². The molecular formula is C19H21NO4. The third-order valence-corrected chi connectivity index (χ3v) is 3.80. The fourth-order valence-electron chi connectivity index (χ4n) is 2.29. The lowest BCUT2D eigenvalue weighted by Crippen LogP contribution is -2.39. The van der Waals surface area contributed by atoms with Crippen molar-refractivity contribution in [2.24, 2.45) is 0 Å². The molecule has 24 heavy (non-hydrogen) atoms. The predicted octanol–water partition coefficient (Wildman–Crippen LogP) is 3.36. The van der Waals surface area contributed by atoms with Crippen molar-refractivity contribution in [3.05, 3.63) is 65.7 Å². The van der Waals surface area contributed by atoms with Crippen molar-refractivity contribution in [2.45, 2.75) is 19.4 Å². The van der Waals surface area contributed by atoms with Gasteiger partial charge in [0.15, 0.2) is 5.60 Å². The van der Waals surface area contributed by atoms with E-state index in [-0.39, 0.29) is 5.91 Å². The molecule has 0 heterocycles. The number of hydrogen-bond acceptors (Lipinski definition) is 4. The van der Waals surface area contributed by atoms with Gasteiger partial charge in [-0.15, -0.1) is 0 Å². The smallest absolute Gasteiger partial charge is 0.338 e. The first-order valence-corrected chi connectivity index (χ1v) is 7.70. The summed E-state index contributed by atoms with van der Waals surface area (Å²) < 4.78 is 10.4. The van der Waals surface area contributed by atoms with Crippen molar-refractivity contribution < 1.29 is 19.1 Å². The van der Waals surface area contributed by atoms with Crippen LogP contribution in [0.5, 0.6) is 0 Å². The van der Waals surface area contributed by atoms with E-state index in [4.69, 9.17) is 9.47 Å². The van der Waals surface area contributed by atoms with Crippen LogP contribution in [0.1, 0.15) is 29.8 Å². The van der Waals surface area contributed by atoms with Crippen LogP contribution in [0, 0.1) is 0 Å². The van der Waals surface area contributed by atoms with E-state index >= 15 is 0 Å². The van der Waals surface area contributed by atoms with E-state index < -0.39 is 11.6 Å². The minimum Gasteiger partial charge on any atom is -0.462 e. The van der Waals surface area contributed by atoms with E-state index in [0.29, 0.717) is 17.9 Å². The highest BCUT2D eigenvalue weighted by Gasteiger charge is 2.35. The molecular weight excluding hydrogens is 306 g/mol. The van der Waals surface area contributed by atoms with Gasteiger partial charge in [-0.05, 0) is 37.6 Å². The summed E-state index contributed by atoms with van der Waals surface area (Å²) in [5.74, 6) is -0.747. The van der Waals surface area contributed by atoms with Gasteiger partial charge in [-0.2, -0.15) is 0 Å². The van der Waals surface area contributed by atoms with E-state index in [1.54, 1.807) is 38.1 Å². The number of anilines is 1. The van der Waals surface area contributed by atoms with Crippen LogP contribution in [0.3, 0.4) is 0 Å². The summed E-state index contributed by atoms with van der Waals surface area (Å²) in [6, 6.07) is 15.9. The summed E-state index contributed by atoms with van der Waals surface area (Å²) >= 11 is 0. The number of methoxy groups -OCH3 is 1. The van der Waals surface area contributed by atoms with E-state index in [1.165, 1.54) is 7.11 Å². The quantitative estimate of drug-likeness (QED) is 0.826. The van der Waals surface area contributed by atoms with Crippen LogP contribution in [-0.4, -0.2) is 25.6 Å². The third-order valence-electron chi connectivity index (χ3n) is 3.80. The number of amides is 1. The van der Waals surface area contributed by atoms with Crippen molar-refractivity contribution in [1.29, 1.82) is 0 Å². The molecule has 0 spiro atoms. The van der Waals surface area contributed by atoms with E-state index in [0.717, 1.165) is 5.56 Å². The average Bonchev–Trinajstić information content (AvgIpc) is 2.62. The average molecular weight is 327 g/mol. The summed E-state index contributed by atoms with van der Waals surface area (Å²) in [5.41, 5.74) is 0.492. The molecule has 0 radical (unpaired) electrons. The molecule has 1 N–H and O–H groups in total. The van der Waals surface area contributed by atoms with Crippen LogP contribution in [0.15, 0.2) is 54.6 Å². The summed E-state index contributed by atoms with van der Waals surface area (Å²) in [7, 11) is 1.49. The van der Waals surface area contributed by atoms with Gasteiger partial charge >= 0.3 is 5.97 Å². The van der Waals surface area contributed by atoms with Gasteiger partial charge in [-0.1, -0.05) is 36.4 Å². The highest BCUT2D eigenvalue weighted by atomic mass is 16.5. The summed E-state index contributed by atoms with van der Waals surface area (Å²) in [4.78, 5) is 24.5. The normalized spacial score (nSPS) is 13.0. The highest BCUT2D eigenvalue weighted by molar-refractivity contribution is 5.99. The van der Waals surface area contributed by atoms with E-state index in [1.807, 2.05) is 30.3 Å². The third kappa shape index (κ3) is 3.81. The lowest BCUT2D eigenvalue weighted by molar-refractivity contribution is -0.136. The molecule has 126 valence electrons. The lowest BCUT2D eigenvalue weighted by atomic mass is 9.94. The zero-order chi connectivity index (χ0) is 17.6. The van der Waals surface area contributed by atoms with Gasteiger partial charge < -0.3 is 14.8 Å². The molecule has 0 saturated heterocycles. The zero-order valence-corrected chi connectivity index (χ0v) is 14.0. The van der Waals surface area contributed by atoms with Crippen molar-refractivity contribution in [3.63, 3.8) is 0 Å². The Morgan fingerprint density at radius 3 is 2.42 bits per heavy atom. The molecule has 0 aliphatic carbocycles. The number of rotatable bonds is 6. The lowest BCUT2D eigenvalue weighted by Gasteiger charge is -2.27. The Hall–Kier alpha value is -2.66. The number of nitrogens with one attached hydrogen (secondary N) is 1. The molecule has 1 unspecified atom stereocenters. The van der Waals surface area contributed by atoms with Crippen molar-refractivity contribution in [1.82, 2.24) is 0 Å². The molecule has 2 aromatic carbocycles. The Balaban J connectivity index is 2.22. The fraction of sp³-hybridized carbons (Fsp3) is 0.263. The van der Waals surface area contributed by atoms with Gasteiger partial charge in [-0.3, -0.25) is 4.79 Å². The van der Waals surface area contributed by atoms with Gasteiger partial charge in [0.2, 0.25) is 0 Å². The monoisotopic (exact) mass is 327 g/mol.